The number of amides is 2. The fourth-order valence-corrected chi connectivity index (χ4v) is 4.36. The van der Waals surface area contributed by atoms with Crippen molar-refractivity contribution in [1.82, 2.24) is 10.4 Å². The number of thioether (sulfide) groups is 1. The number of carbonyl (C=O) groups is 2. The first kappa shape index (κ1) is 24.8. The highest BCUT2D eigenvalue weighted by atomic mass is 32.2. The molecule has 1 saturated heterocycles. The summed E-state index contributed by atoms with van der Waals surface area (Å²) in [4.78, 5) is 25.7. The molecule has 2 aromatic carbocycles. The predicted octanol–water partition coefficient (Wildman–Crippen LogP) is 5.59. The number of ether oxygens (including phenoxy) is 2. The van der Waals surface area contributed by atoms with Crippen LogP contribution in [-0.4, -0.2) is 34.4 Å². The van der Waals surface area contributed by atoms with E-state index in [1.807, 2.05) is 31.2 Å². The lowest BCUT2D eigenvalue weighted by Crippen LogP contribution is -2.44. The number of rotatable bonds is 11. The van der Waals surface area contributed by atoms with Gasteiger partial charge in [0.25, 0.3) is 11.8 Å². The first-order chi connectivity index (χ1) is 16.0. The van der Waals surface area contributed by atoms with Crippen LogP contribution in [0.15, 0.2) is 53.4 Å². The van der Waals surface area contributed by atoms with E-state index in [0.29, 0.717) is 35.2 Å². The molecule has 1 heterocycles. The Morgan fingerprint density at radius 1 is 1.06 bits per heavy atom. The maximum Gasteiger partial charge on any atom is 0.285 e. The number of carbonyl (C=O) groups excluding carboxylic acids is 2. The van der Waals surface area contributed by atoms with E-state index in [-0.39, 0.29) is 10.2 Å². The summed E-state index contributed by atoms with van der Waals surface area (Å²) < 4.78 is 11.9. The molecule has 0 aromatic heterocycles. The van der Waals surface area contributed by atoms with Crippen molar-refractivity contribution in [2.75, 3.05) is 13.2 Å². The zero-order valence-electron chi connectivity index (χ0n) is 18.8. The van der Waals surface area contributed by atoms with Gasteiger partial charge >= 0.3 is 0 Å². The van der Waals surface area contributed by atoms with E-state index in [1.165, 1.54) is 12.8 Å². The van der Waals surface area contributed by atoms with Gasteiger partial charge in [-0.25, -0.2) is 0 Å². The molecule has 0 atom stereocenters. The molecule has 1 N–H and O–H groups in total. The lowest BCUT2D eigenvalue weighted by atomic mass is 10.1. The molecule has 2 aromatic rings. The van der Waals surface area contributed by atoms with Gasteiger partial charge in [-0.2, -0.15) is 5.01 Å². The summed E-state index contributed by atoms with van der Waals surface area (Å²) in [5.41, 5.74) is 3.82. The fourth-order valence-electron chi connectivity index (χ4n) is 3.18. The Morgan fingerprint density at radius 2 is 1.85 bits per heavy atom. The van der Waals surface area contributed by atoms with Gasteiger partial charge in [-0.3, -0.25) is 15.0 Å². The molecule has 0 aliphatic carbocycles. The molecule has 0 radical (unpaired) electrons. The molecule has 174 valence electrons. The van der Waals surface area contributed by atoms with Crippen molar-refractivity contribution in [3.8, 4) is 11.5 Å². The highest BCUT2D eigenvalue weighted by Gasteiger charge is 2.33. The van der Waals surface area contributed by atoms with Gasteiger partial charge in [0.1, 0.15) is 0 Å². The number of thiocarbonyl (C=S) groups is 1. The Labute approximate surface area is 204 Å². The van der Waals surface area contributed by atoms with Crippen molar-refractivity contribution >= 4 is 46.2 Å². The van der Waals surface area contributed by atoms with Gasteiger partial charge in [0.2, 0.25) is 0 Å². The van der Waals surface area contributed by atoms with E-state index in [4.69, 9.17) is 21.7 Å². The van der Waals surface area contributed by atoms with Crippen LogP contribution in [0.3, 0.4) is 0 Å². The molecule has 8 heteroatoms. The van der Waals surface area contributed by atoms with Crippen molar-refractivity contribution in [2.24, 2.45) is 0 Å². The van der Waals surface area contributed by atoms with E-state index in [2.05, 4.69) is 12.3 Å². The highest BCUT2D eigenvalue weighted by molar-refractivity contribution is 8.26. The molecule has 33 heavy (non-hydrogen) atoms. The molecule has 3 rings (SSSR count). The fraction of sp³-hybridized carbons (Fsp3) is 0.320. The van der Waals surface area contributed by atoms with E-state index < -0.39 is 5.91 Å². The Kier molecular flexibility index (Phi) is 9.33. The van der Waals surface area contributed by atoms with Gasteiger partial charge in [0, 0.05) is 5.56 Å². The van der Waals surface area contributed by atoms with Gasteiger partial charge in [-0.1, -0.05) is 62.2 Å². The standard InChI is InChI=1S/C25H28N2O4S2/c1-3-5-6-10-15-31-20-14-13-18(16-21(20)30-4-2)17-22-24(29)27(25(32)33-22)26-23(28)19-11-8-7-9-12-19/h7-9,11-14,16-17H,3-6,10,15H2,1-2H3,(H,26,28)/b22-17-. The summed E-state index contributed by atoms with van der Waals surface area (Å²) in [7, 11) is 0. The van der Waals surface area contributed by atoms with Gasteiger partial charge in [-0.05, 0) is 61.5 Å². The van der Waals surface area contributed by atoms with E-state index >= 15 is 0 Å². The number of hydrazine groups is 1. The molecular weight excluding hydrogens is 456 g/mol. The summed E-state index contributed by atoms with van der Waals surface area (Å²) in [6.07, 6.45) is 6.26. The molecule has 2 amide bonds. The average molecular weight is 485 g/mol. The number of hydrogen-bond acceptors (Lipinski definition) is 6. The first-order valence-corrected chi connectivity index (χ1v) is 12.3. The number of hydrogen-bond donors (Lipinski definition) is 1. The predicted molar refractivity (Wildman–Crippen MR) is 136 cm³/mol. The highest BCUT2D eigenvalue weighted by Crippen LogP contribution is 2.34. The largest absolute Gasteiger partial charge is 0.490 e. The third-order valence-corrected chi connectivity index (χ3v) is 6.17. The van der Waals surface area contributed by atoms with Gasteiger partial charge in [0.05, 0.1) is 18.1 Å². The lowest BCUT2D eigenvalue weighted by Gasteiger charge is -2.15. The third kappa shape index (κ3) is 6.82. The topological polar surface area (TPSA) is 67.9 Å². The Balaban J connectivity index is 1.70. The summed E-state index contributed by atoms with van der Waals surface area (Å²) in [5.74, 6) is 0.554. The van der Waals surface area contributed by atoms with Crippen LogP contribution in [-0.2, 0) is 4.79 Å². The molecule has 1 aliphatic rings. The lowest BCUT2D eigenvalue weighted by molar-refractivity contribution is -0.123. The van der Waals surface area contributed by atoms with Crippen LogP contribution in [0.25, 0.3) is 6.08 Å². The second kappa shape index (κ2) is 12.4. The van der Waals surface area contributed by atoms with Crippen LogP contribution in [0.5, 0.6) is 11.5 Å². The van der Waals surface area contributed by atoms with E-state index in [0.717, 1.165) is 35.2 Å². The van der Waals surface area contributed by atoms with Crippen LogP contribution in [0.1, 0.15) is 55.5 Å². The number of nitrogens with zero attached hydrogens (tertiary/aromatic N) is 1. The van der Waals surface area contributed by atoms with E-state index in [9.17, 15) is 9.59 Å². The van der Waals surface area contributed by atoms with Crippen LogP contribution >= 0.6 is 24.0 Å². The maximum absolute atomic E-state index is 12.9. The Bertz CT molecular complexity index is 1020. The quantitative estimate of drug-likeness (QED) is 0.255. The minimum atomic E-state index is -0.396. The Morgan fingerprint density at radius 3 is 2.58 bits per heavy atom. The minimum Gasteiger partial charge on any atom is -0.490 e. The van der Waals surface area contributed by atoms with Crippen molar-refractivity contribution < 1.29 is 19.1 Å². The average Bonchev–Trinajstić information content (AvgIpc) is 3.08. The second-order valence-electron chi connectivity index (χ2n) is 7.37. The van der Waals surface area contributed by atoms with Crippen molar-refractivity contribution in [1.29, 1.82) is 0 Å². The van der Waals surface area contributed by atoms with Gasteiger partial charge in [0.15, 0.2) is 15.8 Å². The van der Waals surface area contributed by atoms with Crippen LogP contribution in [0.4, 0.5) is 0 Å². The monoisotopic (exact) mass is 484 g/mol. The smallest absolute Gasteiger partial charge is 0.285 e. The normalized spacial score (nSPS) is 14.6. The SMILES string of the molecule is CCCCCCOc1ccc(/C=C2\SC(=S)N(NC(=O)c3ccccc3)C2=O)cc1OCC. The molecule has 6 nitrogen and oxygen atoms in total. The summed E-state index contributed by atoms with van der Waals surface area (Å²) >= 11 is 6.45. The van der Waals surface area contributed by atoms with Gasteiger partial charge in [-0.15, -0.1) is 0 Å². The van der Waals surface area contributed by atoms with Crippen LogP contribution in [0.2, 0.25) is 0 Å². The Hall–Kier alpha value is -2.84. The molecule has 0 spiro atoms. The number of unbranched alkanes of at least 4 members (excludes halogenated alkanes) is 3. The van der Waals surface area contributed by atoms with Crippen molar-refractivity contribution in [3.63, 3.8) is 0 Å². The van der Waals surface area contributed by atoms with Crippen molar-refractivity contribution in [3.05, 3.63) is 64.6 Å². The van der Waals surface area contributed by atoms with E-state index in [1.54, 1.807) is 30.3 Å². The number of benzene rings is 2. The first-order valence-electron chi connectivity index (χ1n) is 11.1. The third-order valence-electron chi connectivity index (χ3n) is 4.86. The molecule has 1 aliphatic heterocycles. The van der Waals surface area contributed by atoms with Crippen LogP contribution < -0.4 is 14.9 Å². The molecule has 0 saturated carbocycles. The minimum absolute atomic E-state index is 0.271. The maximum atomic E-state index is 12.9. The number of nitrogens with one attached hydrogen (secondary N) is 1. The van der Waals surface area contributed by atoms with Gasteiger partial charge < -0.3 is 9.47 Å². The zero-order chi connectivity index (χ0) is 23.6. The molecule has 1 fully saturated rings. The molecular formula is C25H28N2O4S2. The molecule has 0 unspecified atom stereocenters. The molecule has 0 bridgehead atoms. The second-order valence-corrected chi connectivity index (χ2v) is 9.05. The zero-order valence-corrected chi connectivity index (χ0v) is 20.5. The summed E-state index contributed by atoms with van der Waals surface area (Å²) in [5, 5.41) is 1.11. The van der Waals surface area contributed by atoms with Crippen LogP contribution in [0, 0.1) is 0 Å². The van der Waals surface area contributed by atoms with Crippen molar-refractivity contribution in [2.45, 2.75) is 39.5 Å². The summed E-state index contributed by atoms with van der Waals surface area (Å²) in [6.45, 7) is 5.23. The summed E-state index contributed by atoms with van der Waals surface area (Å²) in [6, 6.07) is 14.3.